The van der Waals surface area contributed by atoms with Crippen LogP contribution in [0.2, 0.25) is 0 Å². The van der Waals surface area contributed by atoms with Crippen molar-refractivity contribution in [3.8, 4) is 0 Å². The van der Waals surface area contributed by atoms with Crippen molar-refractivity contribution in [2.24, 2.45) is 11.1 Å². The number of sulfonamides is 1. The van der Waals surface area contributed by atoms with Crippen molar-refractivity contribution in [2.45, 2.75) is 32.2 Å². The number of nitrogens with two attached hydrogens (primary N) is 1. The van der Waals surface area contributed by atoms with Gasteiger partial charge in [0.05, 0.1) is 5.75 Å². The first-order chi connectivity index (χ1) is 8.89. The highest BCUT2D eigenvalue weighted by Gasteiger charge is 2.34. The van der Waals surface area contributed by atoms with Crippen molar-refractivity contribution in [2.75, 3.05) is 31.9 Å². The van der Waals surface area contributed by atoms with Crippen LogP contribution in [0, 0.1) is 5.92 Å². The Morgan fingerprint density at radius 1 is 1.42 bits per heavy atom. The standard InChI is InChI=1S/C12H23N3O3S/c1-2-14-5-3-4-11(14)8-15-7-10(6-12(15)16)9-19(13,17)18/h10-11H,2-9H2,1H3,(H2,13,17,18). The lowest BCUT2D eigenvalue weighted by molar-refractivity contribution is -0.128. The van der Waals surface area contributed by atoms with E-state index in [9.17, 15) is 13.2 Å². The Kier molecular flexibility index (Phi) is 4.47. The van der Waals surface area contributed by atoms with Gasteiger partial charge in [-0.1, -0.05) is 6.92 Å². The third kappa shape index (κ3) is 3.90. The Morgan fingerprint density at radius 2 is 2.16 bits per heavy atom. The van der Waals surface area contributed by atoms with Gasteiger partial charge in [0.25, 0.3) is 0 Å². The van der Waals surface area contributed by atoms with Gasteiger partial charge in [-0.25, -0.2) is 13.6 Å². The number of likely N-dealkylation sites (tertiary alicyclic amines) is 2. The van der Waals surface area contributed by atoms with Gasteiger partial charge in [-0.3, -0.25) is 9.69 Å². The van der Waals surface area contributed by atoms with E-state index in [0.29, 0.717) is 19.0 Å². The maximum Gasteiger partial charge on any atom is 0.223 e. The van der Waals surface area contributed by atoms with Crippen LogP contribution in [-0.4, -0.2) is 62.1 Å². The number of carbonyl (C=O) groups is 1. The van der Waals surface area contributed by atoms with E-state index in [1.807, 2.05) is 4.90 Å². The molecule has 0 aromatic rings. The smallest absolute Gasteiger partial charge is 0.223 e. The van der Waals surface area contributed by atoms with Gasteiger partial charge < -0.3 is 4.90 Å². The van der Waals surface area contributed by atoms with Crippen molar-refractivity contribution >= 4 is 15.9 Å². The molecule has 0 aliphatic carbocycles. The fourth-order valence-corrected chi connectivity index (χ4v) is 4.12. The molecular formula is C12H23N3O3S. The first kappa shape index (κ1) is 14.7. The molecule has 19 heavy (non-hydrogen) atoms. The summed E-state index contributed by atoms with van der Waals surface area (Å²) in [6.45, 7) is 5.50. The van der Waals surface area contributed by atoms with Gasteiger partial charge in [-0.2, -0.15) is 0 Å². The molecule has 0 radical (unpaired) electrons. The molecule has 2 aliphatic rings. The molecular weight excluding hydrogens is 266 g/mol. The average Bonchev–Trinajstić information content (AvgIpc) is 2.84. The van der Waals surface area contributed by atoms with Gasteiger partial charge in [0.15, 0.2) is 0 Å². The Hall–Kier alpha value is -0.660. The van der Waals surface area contributed by atoms with Crippen LogP contribution in [0.4, 0.5) is 0 Å². The minimum Gasteiger partial charge on any atom is -0.341 e. The van der Waals surface area contributed by atoms with Gasteiger partial charge in [-0.05, 0) is 25.9 Å². The Bertz CT molecular complexity index is 438. The monoisotopic (exact) mass is 289 g/mol. The van der Waals surface area contributed by atoms with E-state index in [1.165, 1.54) is 6.42 Å². The average molecular weight is 289 g/mol. The first-order valence-electron chi connectivity index (χ1n) is 6.91. The van der Waals surface area contributed by atoms with Gasteiger partial charge in [-0.15, -0.1) is 0 Å². The maximum atomic E-state index is 11.9. The normalized spacial score (nSPS) is 29.4. The van der Waals surface area contributed by atoms with E-state index in [-0.39, 0.29) is 17.6 Å². The zero-order valence-corrected chi connectivity index (χ0v) is 12.2. The van der Waals surface area contributed by atoms with E-state index in [2.05, 4.69) is 11.8 Å². The highest BCUT2D eigenvalue weighted by atomic mass is 32.2. The zero-order valence-electron chi connectivity index (χ0n) is 11.4. The molecule has 0 saturated carbocycles. The summed E-state index contributed by atoms with van der Waals surface area (Å²) in [7, 11) is -3.49. The van der Waals surface area contributed by atoms with Crippen LogP contribution in [0.15, 0.2) is 0 Å². The minimum absolute atomic E-state index is 0.0663. The summed E-state index contributed by atoms with van der Waals surface area (Å²) in [5.41, 5.74) is 0. The number of amides is 1. The molecule has 2 unspecified atom stereocenters. The molecule has 0 spiro atoms. The van der Waals surface area contributed by atoms with Crippen molar-refractivity contribution in [1.82, 2.24) is 9.80 Å². The van der Waals surface area contributed by atoms with Crippen molar-refractivity contribution in [1.29, 1.82) is 0 Å². The second-order valence-corrected chi connectivity index (χ2v) is 7.28. The topological polar surface area (TPSA) is 83.7 Å². The quantitative estimate of drug-likeness (QED) is 0.747. The molecule has 2 fully saturated rings. The van der Waals surface area contributed by atoms with E-state index in [0.717, 1.165) is 26.1 Å². The fourth-order valence-electron chi connectivity index (χ4n) is 3.24. The number of carbonyl (C=O) groups excluding carboxylic acids is 1. The van der Waals surface area contributed by atoms with Crippen LogP contribution in [0.3, 0.4) is 0 Å². The molecule has 2 heterocycles. The predicted molar refractivity (Wildman–Crippen MR) is 72.9 cm³/mol. The minimum atomic E-state index is -3.49. The molecule has 1 amide bonds. The number of primary sulfonamides is 1. The van der Waals surface area contributed by atoms with Crippen molar-refractivity contribution < 1.29 is 13.2 Å². The van der Waals surface area contributed by atoms with Crippen LogP contribution in [0.25, 0.3) is 0 Å². The molecule has 2 saturated heterocycles. The molecule has 2 N–H and O–H groups in total. The number of hydrogen-bond acceptors (Lipinski definition) is 4. The lowest BCUT2D eigenvalue weighted by atomic mass is 10.1. The van der Waals surface area contributed by atoms with Crippen molar-refractivity contribution in [3.05, 3.63) is 0 Å². The van der Waals surface area contributed by atoms with E-state index in [1.54, 1.807) is 0 Å². The summed E-state index contributed by atoms with van der Waals surface area (Å²) in [5, 5.41) is 5.05. The zero-order chi connectivity index (χ0) is 14.0. The second kappa shape index (κ2) is 5.76. The third-order valence-electron chi connectivity index (χ3n) is 4.10. The Labute approximate surface area is 115 Å². The molecule has 2 atom stereocenters. The van der Waals surface area contributed by atoms with Crippen LogP contribution in [0.1, 0.15) is 26.2 Å². The Morgan fingerprint density at radius 3 is 2.79 bits per heavy atom. The van der Waals surface area contributed by atoms with Crippen molar-refractivity contribution in [3.63, 3.8) is 0 Å². The summed E-state index contributed by atoms with van der Waals surface area (Å²) >= 11 is 0. The van der Waals surface area contributed by atoms with Gasteiger partial charge in [0.1, 0.15) is 0 Å². The van der Waals surface area contributed by atoms with Gasteiger partial charge >= 0.3 is 0 Å². The number of hydrogen-bond donors (Lipinski definition) is 1. The maximum absolute atomic E-state index is 11.9. The lowest BCUT2D eigenvalue weighted by Gasteiger charge is -2.27. The number of likely N-dealkylation sites (N-methyl/N-ethyl adjacent to an activating group) is 1. The predicted octanol–water partition coefficient (Wildman–Crippen LogP) is -0.392. The number of rotatable bonds is 5. The van der Waals surface area contributed by atoms with Crippen LogP contribution in [-0.2, 0) is 14.8 Å². The molecule has 6 nitrogen and oxygen atoms in total. The lowest BCUT2D eigenvalue weighted by Crippen LogP contribution is -2.41. The van der Waals surface area contributed by atoms with E-state index < -0.39 is 10.0 Å². The summed E-state index contributed by atoms with van der Waals surface area (Å²) in [5.74, 6) is -0.159. The third-order valence-corrected chi connectivity index (χ3v) is 5.04. The van der Waals surface area contributed by atoms with Gasteiger partial charge in [0.2, 0.25) is 15.9 Å². The van der Waals surface area contributed by atoms with Crippen LogP contribution < -0.4 is 5.14 Å². The highest BCUT2D eigenvalue weighted by Crippen LogP contribution is 2.23. The highest BCUT2D eigenvalue weighted by molar-refractivity contribution is 7.89. The molecule has 2 rings (SSSR count). The number of nitrogens with zero attached hydrogens (tertiary/aromatic N) is 2. The molecule has 2 aliphatic heterocycles. The fraction of sp³-hybridized carbons (Fsp3) is 0.917. The molecule has 110 valence electrons. The first-order valence-corrected chi connectivity index (χ1v) is 8.63. The van der Waals surface area contributed by atoms with Crippen LogP contribution in [0.5, 0.6) is 0 Å². The summed E-state index contributed by atoms with van der Waals surface area (Å²) in [4.78, 5) is 16.1. The molecule has 0 bridgehead atoms. The summed E-state index contributed by atoms with van der Waals surface area (Å²) in [6.07, 6.45) is 2.62. The molecule has 7 heteroatoms. The molecule has 0 aromatic heterocycles. The van der Waals surface area contributed by atoms with Gasteiger partial charge in [0, 0.05) is 31.5 Å². The van der Waals surface area contributed by atoms with E-state index >= 15 is 0 Å². The van der Waals surface area contributed by atoms with E-state index in [4.69, 9.17) is 5.14 Å². The second-order valence-electron chi connectivity index (χ2n) is 5.62. The van der Waals surface area contributed by atoms with Crippen LogP contribution >= 0.6 is 0 Å². The molecule has 0 aromatic carbocycles. The Balaban J connectivity index is 1.90. The SMILES string of the molecule is CCN1CCCC1CN1CC(CS(N)(=O)=O)CC1=O. The summed E-state index contributed by atoms with van der Waals surface area (Å²) < 4.78 is 22.2. The largest absolute Gasteiger partial charge is 0.341 e. The summed E-state index contributed by atoms with van der Waals surface area (Å²) in [6, 6.07) is 0.433.